The van der Waals surface area contributed by atoms with Crippen molar-refractivity contribution in [2.45, 2.75) is 32.1 Å². The van der Waals surface area contributed by atoms with Crippen LogP contribution in [0.15, 0.2) is 0 Å². The van der Waals surface area contributed by atoms with Gasteiger partial charge in [-0.1, -0.05) is 30.1 Å². The van der Waals surface area contributed by atoms with Crippen LogP contribution >= 0.6 is 22.5 Å². The molecule has 0 atom stereocenters. The van der Waals surface area contributed by atoms with Crippen LogP contribution in [-0.2, 0) is 4.79 Å². The summed E-state index contributed by atoms with van der Waals surface area (Å²) in [5, 5.41) is 0. The Bertz CT molecular complexity index is 130. The molecule has 0 aromatic carbocycles. The number of carbonyl (C=O) groups excluding carboxylic acids is 1. The van der Waals surface area contributed by atoms with Crippen LogP contribution in [-0.4, -0.2) is 11.5 Å². The van der Waals surface area contributed by atoms with E-state index in [9.17, 15) is 4.79 Å². The molecule has 0 aliphatic heterocycles. The first kappa shape index (κ1) is 9.46. The van der Waals surface area contributed by atoms with Crippen molar-refractivity contribution in [3.63, 3.8) is 0 Å². The van der Waals surface area contributed by atoms with Gasteiger partial charge in [0.15, 0.2) is 0 Å². The van der Waals surface area contributed by atoms with E-state index in [0.717, 1.165) is 12.8 Å². The first-order chi connectivity index (χ1) is 5.34. The maximum Gasteiger partial charge on any atom is 0.146 e. The van der Waals surface area contributed by atoms with Gasteiger partial charge in [0.2, 0.25) is 0 Å². The average Bonchev–Trinajstić information content (AvgIpc) is 2.07. The van der Waals surface area contributed by atoms with Gasteiger partial charge in [-0.2, -0.15) is 0 Å². The molecule has 0 radical (unpaired) electrons. The smallest absolute Gasteiger partial charge is 0.146 e. The Morgan fingerprint density at radius 1 is 1.36 bits per heavy atom. The van der Waals surface area contributed by atoms with Crippen molar-refractivity contribution in [3.8, 4) is 0 Å². The minimum Gasteiger partial charge on any atom is -0.298 e. The number of ketones is 1. The lowest BCUT2D eigenvalue weighted by atomic mass is 9.87. The minimum atomic E-state index is 0.364. The first-order valence-corrected chi connectivity index (χ1v) is 6.17. The molecule has 0 unspecified atom stereocenters. The van der Waals surface area contributed by atoms with Crippen molar-refractivity contribution in [3.05, 3.63) is 0 Å². The van der Waals surface area contributed by atoms with Crippen molar-refractivity contribution >= 4 is 28.2 Å². The lowest BCUT2D eigenvalue weighted by Gasteiger charge is -2.19. The molecule has 1 aliphatic carbocycles. The van der Waals surface area contributed by atoms with E-state index in [1.807, 2.05) is 0 Å². The van der Waals surface area contributed by atoms with Gasteiger partial charge in [-0.05, 0) is 12.8 Å². The van der Waals surface area contributed by atoms with Crippen molar-refractivity contribution in [2.24, 2.45) is 5.92 Å². The molecule has 0 amide bonds. The molecule has 0 bridgehead atoms. The summed E-state index contributed by atoms with van der Waals surface area (Å²) in [4.78, 5) is 11.3. The fourth-order valence-corrected chi connectivity index (χ4v) is 2.35. The predicted octanol–water partition coefficient (Wildman–Crippen LogP) is 2.71. The van der Waals surface area contributed by atoms with Crippen LogP contribution in [0.3, 0.4) is 0 Å². The predicted molar refractivity (Wildman–Crippen MR) is 53.0 cm³/mol. The van der Waals surface area contributed by atoms with E-state index in [0.29, 0.717) is 17.5 Å². The Morgan fingerprint density at radius 2 is 2.00 bits per heavy atom. The van der Waals surface area contributed by atoms with Gasteiger partial charge in [0.1, 0.15) is 5.78 Å². The van der Waals surface area contributed by atoms with Gasteiger partial charge in [-0.3, -0.25) is 4.79 Å². The molecule has 3 heteroatoms. The van der Waals surface area contributed by atoms with Crippen molar-refractivity contribution < 1.29 is 4.79 Å². The van der Waals surface area contributed by atoms with E-state index in [1.54, 1.807) is 0 Å². The first-order valence-electron chi connectivity index (χ1n) is 4.13. The summed E-state index contributed by atoms with van der Waals surface area (Å²) < 4.78 is 0. The van der Waals surface area contributed by atoms with Crippen LogP contribution in [0.4, 0.5) is 0 Å². The Kier molecular flexibility index (Phi) is 4.38. The number of hydrogen-bond donors (Lipinski definition) is 1. The third-order valence-corrected chi connectivity index (χ3v) is 3.07. The lowest BCUT2D eigenvalue weighted by molar-refractivity contribution is -0.121. The molecule has 0 aromatic rings. The van der Waals surface area contributed by atoms with Crippen molar-refractivity contribution in [1.29, 1.82) is 0 Å². The molecule has 1 aliphatic rings. The summed E-state index contributed by atoms with van der Waals surface area (Å²) in [6.07, 6.45) is 6.04. The highest BCUT2D eigenvalue weighted by molar-refractivity contribution is 8.68. The van der Waals surface area contributed by atoms with Crippen LogP contribution in [0.1, 0.15) is 32.1 Å². The van der Waals surface area contributed by atoms with Gasteiger partial charge in [0.05, 0.1) is 5.75 Å². The summed E-state index contributed by atoms with van der Waals surface area (Å²) in [7, 11) is 1.35. The molecule has 0 N–H and O–H groups in total. The second-order valence-electron chi connectivity index (χ2n) is 3.07. The molecule has 0 aromatic heterocycles. The van der Waals surface area contributed by atoms with E-state index in [-0.39, 0.29) is 0 Å². The monoisotopic (exact) mass is 190 g/mol. The Hall–Kier alpha value is 0.370. The average molecular weight is 190 g/mol. The quantitative estimate of drug-likeness (QED) is 0.544. The number of Topliss-reactive ketones (excluding diaryl/α,β-unsaturated/α-hetero) is 1. The van der Waals surface area contributed by atoms with E-state index >= 15 is 0 Å². The molecular formula is C8H14OS2. The van der Waals surface area contributed by atoms with E-state index < -0.39 is 0 Å². The third kappa shape index (κ3) is 3.08. The van der Waals surface area contributed by atoms with Crippen LogP contribution in [0, 0.1) is 5.92 Å². The SMILES string of the molecule is O=C(CSS)C1CCCCC1. The number of thiol groups is 1. The number of carbonyl (C=O) groups is 1. The highest BCUT2D eigenvalue weighted by Crippen LogP contribution is 2.25. The summed E-state index contributed by atoms with van der Waals surface area (Å²) in [6.45, 7) is 0. The second-order valence-corrected chi connectivity index (χ2v) is 4.40. The molecule has 1 fully saturated rings. The molecule has 1 nitrogen and oxygen atoms in total. The highest BCUT2D eigenvalue weighted by atomic mass is 33.1. The van der Waals surface area contributed by atoms with Crippen LogP contribution < -0.4 is 0 Å². The van der Waals surface area contributed by atoms with Crippen molar-refractivity contribution in [2.75, 3.05) is 5.75 Å². The second kappa shape index (κ2) is 5.09. The zero-order valence-electron chi connectivity index (χ0n) is 6.58. The summed E-state index contributed by atoms with van der Waals surface area (Å²) >= 11 is 3.98. The largest absolute Gasteiger partial charge is 0.298 e. The number of hydrogen-bond acceptors (Lipinski definition) is 3. The maximum atomic E-state index is 11.3. The fourth-order valence-electron chi connectivity index (χ4n) is 1.61. The molecular weight excluding hydrogens is 176 g/mol. The molecule has 0 saturated heterocycles. The van der Waals surface area contributed by atoms with Gasteiger partial charge < -0.3 is 0 Å². The van der Waals surface area contributed by atoms with E-state index in [2.05, 4.69) is 11.7 Å². The third-order valence-electron chi connectivity index (χ3n) is 2.27. The van der Waals surface area contributed by atoms with Gasteiger partial charge >= 0.3 is 0 Å². The topological polar surface area (TPSA) is 17.1 Å². The Morgan fingerprint density at radius 3 is 2.55 bits per heavy atom. The van der Waals surface area contributed by atoms with Crippen LogP contribution in [0.2, 0.25) is 0 Å². The van der Waals surface area contributed by atoms with E-state index in [4.69, 9.17) is 0 Å². The maximum absolute atomic E-state index is 11.3. The van der Waals surface area contributed by atoms with Crippen molar-refractivity contribution in [1.82, 2.24) is 0 Å². The minimum absolute atomic E-state index is 0.364. The normalized spacial score (nSPS) is 20.1. The highest BCUT2D eigenvalue weighted by Gasteiger charge is 2.19. The van der Waals surface area contributed by atoms with Gasteiger partial charge in [0, 0.05) is 5.92 Å². The molecule has 64 valence electrons. The van der Waals surface area contributed by atoms with Gasteiger partial charge in [0.25, 0.3) is 0 Å². The molecule has 0 heterocycles. The van der Waals surface area contributed by atoms with Gasteiger partial charge in [-0.15, -0.1) is 11.7 Å². The Balaban J connectivity index is 2.27. The standard InChI is InChI=1S/C8H14OS2/c9-8(6-11-10)7-4-2-1-3-5-7/h7,10H,1-6H2. The Labute approximate surface area is 77.1 Å². The summed E-state index contributed by atoms with van der Waals surface area (Å²) in [5.41, 5.74) is 0. The van der Waals surface area contributed by atoms with E-state index in [1.165, 1.54) is 30.1 Å². The molecule has 11 heavy (non-hydrogen) atoms. The lowest BCUT2D eigenvalue weighted by Crippen LogP contribution is -2.18. The zero-order valence-corrected chi connectivity index (χ0v) is 8.29. The van der Waals surface area contributed by atoms with Crippen LogP contribution in [0.25, 0.3) is 0 Å². The summed E-state index contributed by atoms with van der Waals surface area (Å²) in [6, 6.07) is 0. The molecule has 1 saturated carbocycles. The number of rotatable bonds is 3. The molecule has 0 spiro atoms. The van der Waals surface area contributed by atoms with Crippen LogP contribution in [0.5, 0.6) is 0 Å². The summed E-state index contributed by atoms with van der Waals surface area (Å²) in [5.74, 6) is 1.36. The van der Waals surface area contributed by atoms with Gasteiger partial charge in [-0.25, -0.2) is 0 Å². The molecule has 1 rings (SSSR count). The zero-order chi connectivity index (χ0) is 8.10. The fraction of sp³-hybridized carbons (Fsp3) is 0.875.